The highest BCUT2D eigenvalue weighted by Gasteiger charge is 2.29. The number of aliphatic hydroxyl groups is 1. The van der Waals surface area contributed by atoms with Gasteiger partial charge in [-0.25, -0.2) is 4.79 Å². The molecule has 0 fully saturated rings. The largest absolute Gasteiger partial charge is 0.448 e. The molecule has 1 aliphatic carbocycles. The molecule has 1 N–H and O–H groups in total. The van der Waals surface area contributed by atoms with E-state index in [9.17, 15) is 9.90 Å². The lowest BCUT2D eigenvalue weighted by molar-refractivity contribution is 0.0352. The van der Waals surface area contributed by atoms with Crippen LogP contribution in [-0.2, 0) is 4.74 Å². The number of rotatable bonds is 4. The summed E-state index contributed by atoms with van der Waals surface area (Å²) in [6.45, 7) is 3.85. The molecular formula is C20H23NO3. The molecule has 1 amide bonds. The Morgan fingerprint density at radius 3 is 2.08 bits per heavy atom. The van der Waals surface area contributed by atoms with Gasteiger partial charge < -0.3 is 14.7 Å². The molecule has 0 spiro atoms. The SMILES string of the molecule is CN(CC(C)(C)O)C(=O)OCC1c2ccccc2-c2ccccc21. The van der Waals surface area contributed by atoms with E-state index in [4.69, 9.17) is 4.74 Å². The Kier molecular flexibility index (Phi) is 4.33. The van der Waals surface area contributed by atoms with E-state index in [0.717, 1.165) is 0 Å². The van der Waals surface area contributed by atoms with Gasteiger partial charge in [-0.05, 0) is 36.1 Å². The van der Waals surface area contributed by atoms with Crippen LogP contribution in [0.3, 0.4) is 0 Å². The van der Waals surface area contributed by atoms with Crippen molar-refractivity contribution in [2.24, 2.45) is 0 Å². The van der Waals surface area contributed by atoms with Gasteiger partial charge in [-0.3, -0.25) is 0 Å². The molecule has 0 aliphatic heterocycles. The van der Waals surface area contributed by atoms with Crippen molar-refractivity contribution in [3.8, 4) is 11.1 Å². The zero-order valence-electron chi connectivity index (χ0n) is 14.3. The van der Waals surface area contributed by atoms with Gasteiger partial charge in [0.05, 0.1) is 12.1 Å². The average molecular weight is 325 g/mol. The number of carbonyl (C=O) groups excluding carboxylic acids is 1. The van der Waals surface area contributed by atoms with Crippen LogP contribution in [0.2, 0.25) is 0 Å². The number of benzene rings is 2. The first-order valence-electron chi connectivity index (χ1n) is 8.15. The van der Waals surface area contributed by atoms with Crippen LogP contribution < -0.4 is 0 Å². The molecule has 1 aliphatic rings. The highest BCUT2D eigenvalue weighted by molar-refractivity contribution is 5.79. The van der Waals surface area contributed by atoms with Crippen LogP contribution in [0.5, 0.6) is 0 Å². The van der Waals surface area contributed by atoms with Crippen LogP contribution in [0.1, 0.15) is 30.9 Å². The van der Waals surface area contributed by atoms with Crippen LogP contribution in [0.25, 0.3) is 11.1 Å². The van der Waals surface area contributed by atoms with E-state index in [1.165, 1.54) is 27.2 Å². The maximum Gasteiger partial charge on any atom is 0.409 e. The van der Waals surface area contributed by atoms with E-state index >= 15 is 0 Å². The van der Waals surface area contributed by atoms with Crippen molar-refractivity contribution in [2.45, 2.75) is 25.4 Å². The minimum Gasteiger partial charge on any atom is -0.448 e. The molecule has 24 heavy (non-hydrogen) atoms. The van der Waals surface area contributed by atoms with Gasteiger partial charge in [-0.1, -0.05) is 48.5 Å². The molecule has 0 bridgehead atoms. The predicted octanol–water partition coefficient (Wildman–Crippen LogP) is 3.64. The second-order valence-corrected chi connectivity index (χ2v) is 6.97. The average Bonchev–Trinajstić information content (AvgIpc) is 2.85. The topological polar surface area (TPSA) is 49.8 Å². The number of carbonyl (C=O) groups is 1. The molecule has 0 saturated carbocycles. The Morgan fingerprint density at radius 2 is 1.58 bits per heavy atom. The van der Waals surface area contributed by atoms with E-state index in [1.54, 1.807) is 20.9 Å². The molecule has 0 radical (unpaired) electrons. The highest BCUT2D eigenvalue weighted by atomic mass is 16.6. The summed E-state index contributed by atoms with van der Waals surface area (Å²) in [5.74, 6) is 0.0527. The number of fused-ring (bicyclic) bond motifs is 3. The molecular weight excluding hydrogens is 302 g/mol. The Bertz CT molecular complexity index is 703. The standard InChI is InChI=1S/C20H23NO3/c1-20(2,23)13-21(3)19(22)24-12-18-16-10-6-4-8-14(16)15-9-5-7-11-17(15)18/h4-11,18,23H,12-13H2,1-3H3. The predicted molar refractivity (Wildman–Crippen MR) is 94.0 cm³/mol. The quantitative estimate of drug-likeness (QED) is 0.934. The first-order valence-corrected chi connectivity index (χ1v) is 8.15. The summed E-state index contributed by atoms with van der Waals surface area (Å²) in [5.41, 5.74) is 3.85. The van der Waals surface area contributed by atoms with E-state index in [1.807, 2.05) is 24.3 Å². The van der Waals surface area contributed by atoms with Gasteiger partial charge in [0.15, 0.2) is 0 Å². The van der Waals surface area contributed by atoms with Crippen molar-refractivity contribution in [1.82, 2.24) is 4.90 Å². The third kappa shape index (κ3) is 3.29. The molecule has 126 valence electrons. The molecule has 0 atom stereocenters. The van der Waals surface area contributed by atoms with Crippen molar-refractivity contribution in [3.63, 3.8) is 0 Å². The zero-order valence-corrected chi connectivity index (χ0v) is 14.3. The fraction of sp³-hybridized carbons (Fsp3) is 0.350. The lowest BCUT2D eigenvalue weighted by Gasteiger charge is -2.25. The molecule has 0 aromatic heterocycles. The van der Waals surface area contributed by atoms with Crippen LogP contribution in [-0.4, -0.2) is 41.9 Å². The minimum atomic E-state index is -0.944. The lowest BCUT2D eigenvalue weighted by Crippen LogP contribution is -2.40. The van der Waals surface area contributed by atoms with Crippen molar-refractivity contribution in [1.29, 1.82) is 0 Å². The fourth-order valence-electron chi connectivity index (χ4n) is 3.35. The summed E-state index contributed by atoms with van der Waals surface area (Å²) in [5, 5.41) is 9.83. The molecule has 2 aromatic carbocycles. The van der Waals surface area contributed by atoms with Crippen molar-refractivity contribution in [2.75, 3.05) is 20.2 Å². The summed E-state index contributed by atoms with van der Waals surface area (Å²) in [7, 11) is 1.64. The maximum atomic E-state index is 12.2. The van der Waals surface area contributed by atoms with Gasteiger partial charge in [0, 0.05) is 13.0 Å². The Balaban J connectivity index is 1.75. The van der Waals surface area contributed by atoms with Crippen LogP contribution in [0.15, 0.2) is 48.5 Å². The Hall–Kier alpha value is -2.33. The van der Waals surface area contributed by atoms with E-state index < -0.39 is 11.7 Å². The lowest BCUT2D eigenvalue weighted by atomic mass is 9.98. The Morgan fingerprint density at radius 1 is 1.08 bits per heavy atom. The summed E-state index contributed by atoms with van der Waals surface area (Å²) in [6, 6.07) is 16.5. The van der Waals surface area contributed by atoms with Crippen LogP contribution in [0.4, 0.5) is 4.79 Å². The number of hydrogen-bond acceptors (Lipinski definition) is 3. The summed E-state index contributed by atoms with van der Waals surface area (Å²) in [4.78, 5) is 13.6. The molecule has 4 nitrogen and oxygen atoms in total. The molecule has 0 saturated heterocycles. The molecule has 3 rings (SSSR count). The number of ether oxygens (including phenoxy) is 1. The van der Waals surface area contributed by atoms with Crippen molar-refractivity contribution >= 4 is 6.09 Å². The molecule has 4 heteroatoms. The van der Waals surface area contributed by atoms with Gasteiger partial charge in [0.2, 0.25) is 0 Å². The number of nitrogens with zero attached hydrogens (tertiary/aromatic N) is 1. The second-order valence-electron chi connectivity index (χ2n) is 6.97. The number of hydrogen-bond donors (Lipinski definition) is 1. The van der Waals surface area contributed by atoms with Gasteiger partial charge in [0.25, 0.3) is 0 Å². The molecule has 2 aromatic rings. The van der Waals surface area contributed by atoms with E-state index in [2.05, 4.69) is 24.3 Å². The number of likely N-dealkylation sites (N-methyl/N-ethyl adjacent to an activating group) is 1. The van der Waals surface area contributed by atoms with Gasteiger partial charge in [-0.15, -0.1) is 0 Å². The van der Waals surface area contributed by atoms with Crippen molar-refractivity contribution < 1.29 is 14.6 Å². The first kappa shape index (κ1) is 16.5. The fourth-order valence-corrected chi connectivity index (χ4v) is 3.35. The molecule has 0 heterocycles. The first-order chi connectivity index (χ1) is 11.4. The maximum absolute atomic E-state index is 12.2. The van der Waals surface area contributed by atoms with Crippen molar-refractivity contribution in [3.05, 3.63) is 59.7 Å². The molecule has 0 unspecified atom stereocenters. The number of amides is 1. The van der Waals surface area contributed by atoms with Gasteiger partial charge in [-0.2, -0.15) is 0 Å². The van der Waals surface area contributed by atoms with E-state index in [0.29, 0.717) is 6.61 Å². The monoisotopic (exact) mass is 325 g/mol. The Labute approximate surface area is 142 Å². The van der Waals surface area contributed by atoms with E-state index in [-0.39, 0.29) is 12.5 Å². The zero-order chi connectivity index (χ0) is 17.3. The van der Waals surface area contributed by atoms with Gasteiger partial charge in [0.1, 0.15) is 6.61 Å². The summed E-state index contributed by atoms with van der Waals surface area (Å²) in [6.07, 6.45) is -0.418. The minimum absolute atomic E-state index is 0.0527. The van der Waals surface area contributed by atoms with Gasteiger partial charge >= 0.3 is 6.09 Å². The highest BCUT2D eigenvalue weighted by Crippen LogP contribution is 2.44. The van der Waals surface area contributed by atoms with Crippen LogP contribution in [0, 0.1) is 0 Å². The smallest absolute Gasteiger partial charge is 0.409 e. The summed E-state index contributed by atoms with van der Waals surface area (Å²) < 4.78 is 5.52. The normalized spacial score (nSPS) is 13.3. The van der Waals surface area contributed by atoms with Crippen LogP contribution >= 0.6 is 0 Å². The third-order valence-corrected chi connectivity index (χ3v) is 4.27. The third-order valence-electron chi connectivity index (χ3n) is 4.27. The second kappa shape index (κ2) is 6.29. The summed E-state index contributed by atoms with van der Waals surface area (Å²) >= 11 is 0.